The van der Waals surface area contributed by atoms with Crippen molar-refractivity contribution in [2.24, 2.45) is 0 Å². The number of unbranched alkanes of at least 4 members (excludes halogenated alkanes) is 1. The van der Waals surface area contributed by atoms with Gasteiger partial charge in [0.2, 0.25) is 0 Å². The number of nitrogens with one attached hydrogen (secondary N) is 1. The molecule has 1 aromatic carbocycles. The lowest BCUT2D eigenvalue weighted by Gasteiger charge is -2.20. The number of aromatic nitrogens is 5. The zero-order valence-corrected chi connectivity index (χ0v) is 21.1. The zero-order chi connectivity index (χ0) is 22.7. The molecule has 168 valence electrons. The number of hydrogen-bond donors (Lipinski definition) is 1. The number of benzene rings is 1. The molecular formula is C24H31N6S2+. The molecule has 6 nitrogen and oxygen atoms in total. The Morgan fingerprint density at radius 1 is 1.09 bits per heavy atom. The molecule has 4 rings (SSSR count). The standard InChI is InChI=1S/C24H30N6S2/c1-6-8-13-30-21(19(7-2)29(4)5)27-28-24(30)32-23-20-18(14-31-22(20)25-15-26-23)17-11-9-16(3)10-12-17/h9-12,14-15,19H,6-8,13H2,1-5H3/p+1/t19-/m1/s1. The highest BCUT2D eigenvalue weighted by atomic mass is 32.2. The number of rotatable bonds is 9. The molecule has 0 aliphatic rings. The van der Waals surface area contributed by atoms with Gasteiger partial charge in [-0.3, -0.25) is 0 Å². The molecule has 1 atom stereocenters. The van der Waals surface area contributed by atoms with Gasteiger partial charge in [-0.2, -0.15) is 0 Å². The van der Waals surface area contributed by atoms with Crippen LogP contribution in [-0.4, -0.2) is 38.8 Å². The lowest BCUT2D eigenvalue weighted by Crippen LogP contribution is -3.06. The fourth-order valence-electron chi connectivity index (χ4n) is 3.97. The van der Waals surface area contributed by atoms with Crippen LogP contribution in [0.5, 0.6) is 0 Å². The molecule has 32 heavy (non-hydrogen) atoms. The van der Waals surface area contributed by atoms with E-state index in [9.17, 15) is 0 Å². The van der Waals surface area contributed by atoms with Crippen molar-refractivity contribution in [1.29, 1.82) is 0 Å². The van der Waals surface area contributed by atoms with E-state index in [0.29, 0.717) is 6.04 Å². The van der Waals surface area contributed by atoms with Crippen LogP contribution in [0.25, 0.3) is 21.3 Å². The number of fused-ring (bicyclic) bond motifs is 1. The molecule has 0 aliphatic heterocycles. The highest BCUT2D eigenvalue weighted by Crippen LogP contribution is 2.40. The largest absolute Gasteiger partial charge is 0.331 e. The molecule has 4 aromatic rings. The smallest absolute Gasteiger partial charge is 0.197 e. The Hall–Kier alpha value is -2.29. The number of aryl methyl sites for hydroxylation is 1. The first-order valence-electron chi connectivity index (χ1n) is 11.2. The average molecular weight is 468 g/mol. The van der Waals surface area contributed by atoms with Crippen molar-refractivity contribution in [3.8, 4) is 11.1 Å². The lowest BCUT2D eigenvalue weighted by atomic mass is 10.1. The van der Waals surface area contributed by atoms with Crippen LogP contribution in [-0.2, 0) is 6.54 Å². The van der Waals surface area contributed by atoms with Crippen molar-refractivity contribution in [1.82, 2.24) is 24.7 Å². The van der Waals surface area contributed by atoms with E-state index in [1.54, 1.807) is 29.4 Å². The highest BCUT2D eigenvalue weighted by Gasteiger charge is 2.26. The highest BCUT2D eigenvalue weighted by molar-refractivity contribution is 7.99. The Morgan fingerprint density at radius 2 is 1.88 bits per heavy atom. The molecule has 3 heterocycles. The maximum atomic E-state index is 4.68. The van der Waals surface area contributed by atoms with Crippen LogP contribution in [0.3, 0.4) is 0 Å². The van der Waals surface area contributed by atoms with Crippen LogP contribution in [0.15, 0.2) is 46.2 Å². The fraction of sp³-hybridized carbons (Fsp3) is 0.417. The van der Waals surface area contributed by atoms with Crippen molar-refractivity contribution < 1.29 is 4.90 Å². The van der Waals surface area contributed by atoms with Gasteiger partial charge in [-0.1, -0.05) is 50.1 Å². The van der Waals surface area contributed by atoms with Gasteiger partial charge in [0.25, 0.3) is 0 Å². The van der Waals surface area contributed by atoms with Gasteiger partial charge in [-0.25, -0.2) is 9.97 Å². The van der Waals surface area contributed by atoms with Crippen LogP contribution in [0, 0.1) is 6.92 Å². The Bertz CT molecular complexity index is 1180. The van der Waals surface area contributed by atoms with Crippen LogP contribution in [0.2, 0.25) is 0 Å². The van der Waals surface area contributed by atoms with Crippen LogP contribution in [0.1, 0.15) is 50.5 Å². The lowest BCUT2D eigenvalue weighted by molar-refractivity contribution is -0.893. The van der Waals surface area contributed by atoms with Crippen molar-refractivity contribution in [3.05, 3.63) is 47.4 Å². The van der Waals surface area contributed by atoms with E-state index in [-0.39, 0.29) is 0 Å². The second-order valence-corrected chi connectivity index (χ2v) is 10.2. The number of nitrogens with zero attached hydrogens (tertiary/aromatic N) is 5. The van der Waals surface area contributed by atoms with Crippen LogP contribution >= 0.6 is 23.1 Å². The first kappa shape index (κ1) is 22.9. The minimum absolute atomic E-state index is 0.323. The second-order valence-electron chi connectivity index (χ2n) is 8.36. The van der Waals surface area contributed by atoms with E-state index in [0.717, 1.165) is 52.0 Å². The van der Waals surface area contributed by atoms with Gasteiger partial charge in [0.15, 0.2) is 11.0 Å². The molecule has 0 saturated carbocycles. The topological polar surface area (TPSA) is 60.9 Å². The third-order valence-corrected chi connectivity index (χ3v) is 7.66. The van der Waals surface area contributed by atoms with Gasteiger partial charge in [-0.05, 0) is 30.7 Å². The summed E-state index contributed by atoms with van der Waals surface area (Å²) in [5.41, 5.74) is 3.62. The average Bonchev–Trinajstić information content (AvgIpc) is 3.38. The predicted molar refractivity (Wildman–Crippen MR) is 132 cm³/mol. The first-order valence-corrected chi connectivity index (χ1v) is 12.9. The normalized spacial score (nSPS) is 12.7. The summed E-state index contributed by atoms with van der Waals surface area (Å²) in [6.07, 6.45) is 4.92. The molecule has 0 aliphatic carbocycles. The van der Waals surface area contributed by atoms with Gasteiger partial charge in [-0.15, -0.1) is 21.5 Å². The molecule has 0 radical (unpaired) electrons. The van der Waals surface area contributed by atoms with E-state index >= 15 is 0 Å². The van der Waals surface area contributed by atoms with Crippen molar-refractivity contribution in [2.75, 3.05) is 14.1 Å². The third kappa shape index (κ3) is 4.58. The summed E-state index contributed by atoms with van der Waals surface area (Å²) in [5.74, 6) is 1.07. The van der Waals surface area contributed by atoms with E-state index in [1.807, 2.05) is 0 Å². The molecule has 8 heteroatoms. The first-order chi connectivity index (χ1) is 15.5. The third-order valence-electron chi connectivity index (χ3n) is 5.78. The Morgan fingerprint density at radius 3 is 2.56 bits per heavy atom. The summed E-state index contributed by atoms with van der Waals surface area (Å²) in [5, 5.41) is 14.4. The van der Waals surface area contributed by atoms with Gasteiger partial charge in [0.1, 0.15) is 22.2 Å². The molecule has 0 bridgehead atoms. The van der Waals surface area contributed by atoms with Gasteiger partial charge in [0, 0.05) is 23.9 Å². The Balaban J connectivity index is 1.77. The minimum atomic E-state index is 0.323. The fourth-order valence-corrected chi connectivity index (χ4v) is 5.90. The molecule has 0 amide bonds. The summed E-state index contributed by atoms with van der Waals surface area (Å²) in [6.45, 7) is 7.47. The molecule has 0 unspecified atom stereocenters. The molecule has 1 N–H and O–H groups in total. The van der Waals surface area contributed by atoms with Crippen molar-refractivity contribution in [2.45, 2.75) is 62.8 Å². The maximum Gasteiger partial charge on any atom is 0.197 e. The van der Waals surface area contributed by atoms with Gasteiger partial charge < -0.3 is 9.47 Å². The van der Waals surface area contributed by atoms with E-state index in [1.165, 1.54) is 21.6 Å². The van der Waals surface area contributed by atoms with Crippen molar-refractivity contribution >= 4 is 33.3 Å². The summed E-state index contributed by atoms with van der Waals surface area (Å²) in [6, 6.07) is 8.97. The van der Waals surface area contributed by atoms with E-state index in [4.69, 9.17) is 0 Å². The monoisotopic (exact) mass is 467 g/mol. The summed E-state index contributed by atoms with van der Waals surface area (Å²) >= 11 is 3.27. The van der Waals surface area contributed by atoms with Crippen molar-refractivity contribution in [3.63, 3.8) is 0 Å². The van der Waals surface area contributed by atoms with E-state index in [2.05, 4.69) is 89.2 Å². The Kier molecular flexibility index (Phi) is 7.23. The summed E-state index contributed by atoms with van der Waals surface area (Å²) < 4.78 is 2.31. The van der Waals surface area contributed by atoms with Crippen LogP contribution < -0.4 is 4.90 Å². The molecule has 0 spiro atoms. The zero-order valence-electron chi connectivity index (χ0n) is 19.4. The molecular weight excluding hydrogens is 436 g/mol. The molecule has 0 saturated heterocycles. The van der Waals surface area contributed by atoms with Gasteiger partial charge >= 0.3 is 0 Å². The molecule has 3 aromatic heterocycles. The maximum absolute atomic E-state index is 4.68. The second kappa shape index (κ2) is 10.1. The SMILES string of the molecule is CCCCn1c(Sc2ncnc3scc(-c4ccc(C)cc4)c23)nnc1[C@@H](CC)[NH+](C)C. The predicted octanol–water partition coefficient (Wildman–Crippen LogP) is 4.81. The Labute approximate surface area is 198 Å². The number of quaternary nitrogens is 1. The molecule has 0 fully saturated rings. The van der Waals surface area contributed by atoms with E-state index < -0.39 is 0 Å². The van der Waals surface area contributed by atoms with Crippen LogP contribution in [0.4, 0.5) is 0 Å². The summed E-state index contributed by atoms with van der Waals surface area (Å²) in [7, 11) is 4.37. The quantitative estimate of drug-likeness (QED) is 0.358. The van der Waals surface area contributed by atoms with Gasteiger partial charge in [0.05, 0.1) is 19.5 Å². The summed E-state index contributed by atoms with van der Waals surface area (Å²) in [4.78, 5) is 11.6. The number of hydrogen-bond acceptors (Lipinski definition) is 6. The number of thiophene rings is 1. The minimum Gasteiger partial charge on any atom is -0.331 e.